The first kappa shape index (κ1) is 20.1. The number of nitrogens with zero attached hydrogens (tertiary/aromatic N) is 2. The number of nitrogens with one attached hydrogen (secondary N) is 1. The van der Waals surface area contributed by atoms with Crippen LogP contribution in [-0.2, 0) is 21.5 Å². The molecule has 1 amide bonds. The number of hydrogen-bond donors (Lipinski definition) is 1. The first-order valence-corrected chi connectivity index (χ1v) is 10.1. The van der Waals surface area contributed by atoms with E-state index in [1.54, 1.807) is 13.2 Å². The fourth-order valence-electron chi connectivity index (χ4n) is 4.00. The number of fused-ring (bicyclic) bond motifs is 1. The molecule has 2 aromatic carbocycles. The molecule has 2 heterocycles. The summed E-state index contributed by atoms with van der Waals surface area (Å²) in [6.45, 7) is 1.77. The van der Waals surface area contributed by atoms with Crippen molar-refractivity contribution in [1.29, 1.82) is 0 Å². The number of aromatic nitrogens is 2. The normalized spacial score (nSPS) is 15.6. The third-order valence-corrected chi connectivity index (χ3v) is 5.79. The average Bonchev–Trinajstić information content (AvgIpc) is 2.81. The Bertz CT molecular complexity index is 1090. The molecule has 1 fully saturated rings. The standard InChI is InChI=1S/C23H25N3O4/c1-29-18-8-6-17(7-9-18)23(10-14-30-15-11-23)22(28)24-12-13-26-16-25-20-5-3-2-4-19(20)21(26)27/h2-9,16H,10-15H2,1H3,(H,24,28). The third-order valence-electron chi connectivity index (χ3n) is 5.79. The minimum atomic E-state index is -0.642. The first-order chi connectivity index (χ1) is 14.6. The van der Waals surface area contributed by atoms with E-state index in [2.05, 4.69) is 10.3 Å². The number of para-hydroxylation sites is 1. The van der Waals surface area contributed by atoms with Gasteiger partial charge in [0.2, 0.25) is 5.91 Å². The van der Waals surface area contributed by atoms with E-state index in [0.717, 1.165) is 11.3 Å². The van der Waals surface area contributed by atoms with Gasteiger partial charge in [0.25, 0.3) is 5.56 Å². The lowest BCUT2D eigenvalue weighted by molar-refractivity contribution is -0.130. The van der Waals surface area contributed by atoms with Gasteiger partial charge < -0.3 is 14.8 Å². The molecule has 30 heavy (non-hydrogen) atoms. The van der Waals surface area contributed by atoms with Gasteiger partial charge in [0.1, 0.15) is 5.75 Å². The summed E-state index contributed by atoms with van der Waals surface area (Å²) in [6, 6.07) is 14.9. The van der Waals surface area contributed by atoms with E-state index in [0.29, 0.717) is 50.0 Å². The number of rotatable bonds is 6. The van der Waals surface area contributed by atoms with Crippen LogP contribution < -0.4 is 15.6 Å². The molecule has 7 heteroatoms. The molecule has 0 bridgehead atoms. The van der Waals surface area contributed by atoms with E-state index in [4.69, 9.17) is 9.47 Å². The van der Waals surface area contributed by atoms with Gasteiger partial charge in [-0.15, -0.1) is 0 Å². The van der Waals surface area contributed by atoms with E-state index in [9.17, 15) is 9.59 Å². The van der Waals surface area contributed by atoms with Crippen LogP contribution in [0.15, 0.2) is 59.7 Å². The molecule has 3 aromatic rings. The lowest BCUT2D eigenvalue weighted by Crippen LogP contribution is -2.48. The summed E-state index contributed by atoms with van der Waals surface area (Å²) in [5.41, 5.74) is 0.875. The van der Waals surface area contributed by atoms with Gasteiger partial charge in [-0.2, -0.15) is 0 Å². The molecule has 1 N–H and O–H groups in total. The second-order valence-corrected chi connectivity index (χ2v) is 7.44. The van der Waals surface area contributed by atoms with E-state index >= 15 is 0 Å². The highest BCUT2D eigenvalue weighted by Crippen LogP contribution is 2.36. The summed E-state index contributed by atoms with van der Waals surface area (Å²) < 4.78 is 12.3. The number of methoxy groups -OCH3 is 1. The number of hydrogen-bond acceptors (Lipinski definition) is 5. The van der Waals surface area contributed by atoms with E-state index in [-0.39, 0.29) is 11.5 Å². The number of carbonyl (C=O) groups excluding carboxylic acids is 1. The molecular weight excluding hydrogens is 382 g/mol. The molecule has 0 saturated carbocycles. The highest BCUT2D eigenvalue weighted by molar-refractivity contribution is 5.88. The van der Waals surface area contributed by atoms with Gasteiger partial charge in [-0.05, 0) is 42.7 Å². The van der Waals surface area contributed by atoms with Gasteiger partial charge in [0.05, 0.1) is 29.8 Å². The Kier molecular flexibility index (Phi) is 5.81. The van der Waals surface area contributed by atoms with Gasteiger partial charge in [-0.3, -0.25) is 14.2 Å². The smallest absolute Gasteiger partial charge is 0.261 e. The fraction of sp³-hybridized carbons (Fsp3) is 0.348. The molecule has 0 aliphatic carbocycles. The predicted octanol–water partition coefficient (Wildman–Crippen LogP) is 2.27. The van der Waals surface area contributed by atoms with Gasteiger partial charge in [0.15, 0.2) is 0 Å². The molecule has 0 radical (unpaired) electrons. The quantitative estimate of drug-likeness (QED) is 0.678. The predicted molar refractivity (Wildman–Crippen MR) is 114 cm³/mol. The number of benzene rings is 2. The summed E-state index contributed by atoms with van der Waals surface area (Å²) in [6.07, 6.45) is 2.76. The van der Waals surface area contributed by atoms with Gasteiger partial charge in [-0.25, -0.2) is 4.98 Å². The summed E-state index contributed by atoms with van der Waals surface area (Å²) in [4.78, 5) is 30.2. The Labute approximate surface area is 174 Å². The molecule has 1 aromatic heterocycles. The number of carbonyl (C=O) groups is 1. The van der Waals surface area contributed by atoms with Crippen LogP contribution in [0.2, 0.25) is 0 Å². The van der Waals surface area contributed by atoms with Crippen molar-refractivity contribution in [2.24, 2.45) is 0 Å². The zero-order valence-electron chi connectivity index (χ0n) is 17.0. The maximum absolute atomic E-state index is 13.3. The highest BCUT2D eigenvalue weighted by atomic mass is 16.5. The topological polar surface area (TPSA) is 82.5 Å². The van der Waals surface area contributed by atoms with Crippen molar-refractivity contribution < 1.29 is 14.3 Å². The van der Waals surface area contributed by atoms with Gasteiger partial charge in [-0.1, -0.05) is 24.3 Å². The average molecular weight is 407 g/mol. The largest absolute Gasteiger partial charge is 0.497 e. The van der Waals surface area contributed by atoms with Gasteiger partial charge in [0, 0.05) is 26.3 Å². The zero-order chi connectivity index (χ0) is 21.0. The number of amides is 1. The lowest BCUT2D eigenvalue weighted by Gasteiger charge is -2.36. The van der Waals surface area contributed by atoms with Crippen LogP contribution in [0.5, 0.6) is 5.75 Å². The minimum Gasteiger partial charge on any atom is -0.497 e. The maximum Gasteiger partial charge on any atom is 0.261 e. The van der Waals surface area contributed by atoms with E-state index in [1.807, 2.05) is 42.5 Å². The van der Waals surface area contributed by atoms with Gasteiger partial charge >= 0.3 is 0 Å². The molecule has 0 spiro atoms. The Hall–Kier alpha value is -3.19. The first-order valence-electron chi connectivity index (χ1n) is 10.1. The lowest BCUT2D eigenvalue weighted by atomic mass is 9.73. The van der Waals surface area contributed by atoms with Crippen molar-refractivity contribution in [3.05, 3.63) is 70.8 Å². The van der Waals surface area contributed by atoms with Crippen LogP contribution >= 0.6 is 0 Å². The Morgan fingerprint density at radius 1 is 1.17 bits per heavy atom. The van der Waals surface area contributed by atoms with Crippen molar-refractivity contribution in [3.63, 3.8) is 0 Å². The highest BCUT2D eigenvalue weighted by Gasteiger charge is 2.41. The Balaban J connectivity index is 1.49. The van der Waals surface area contributed by atoms with Crippen LogP contribution in [0.3, 0.4) is 0 Å². The molecule has 1 aliphatic rings. The summed E-state index contributed by atoms with van der Waals surface area (Å²) in [7, 11) is 1.62. The zero-order valence-corrected chi connectivity index (χ0v) is 17.0. The monoisotopic (exact) mass is 407 g/mol. The molecule has 156 valence electrons. The third kappa shape index (κ3) is 3.80. The minimum absolute atomic E-state index is 0.0437. The fourth-order valence-corrected chi connectivity index (χ4v) is 4.00. The Morgan fingerprint density at radius 3 is 2.63 bits per heavy atom. The van der Waals surface area contributed by atoms with Crippen LogP contribution in [0.1, 0.15) is 18.4 Å². The molecule has 1 saturated heterocycles. The van der Waals surface area contributed by atoms with Crippen LogP contribution in [0.4, 0.5) is 0 Å². The molecule has 4 rings (SSSR count). The molecular formula is C23H25N3O4. The van der Waals surface area contributed by atoms with Crippen molar-refractivity contribution >= 4 is 16.8 Å². The van der Waals surface area contributed by atoms with Crippen LogP contribution in [-0.4, -0.2) is 42.3 Å². The van der Waals surface area contributed by atoms with Crippen molar-refractivity contribution in [2.75, 3.05) is 26.9 Å². The SMILES string of the molecule is COc1ccc(C2(C(=O)NCCn3cnc4ccccc4c3=O)CCOCC2)cc1. The van der Waals surface area contributed by atoms with Crippen molar-refractivity contribution in [2.45, 2.75) is 24.8 Å². The molecule has 0 unspecified atom stereocenters. The molecule has 7 nitrogen and oxygen atoms in total. The summed E-state index contributed by atoms with van der Waals surface area (Å²) in [5, 5.41) is 3.61. The maximum atomic E-state index is 13.3. The summed E-state index contributed by atoms with van der Waals surface area (Å²) >= 11 is 0. The van der Waals surface area contributed by atoms with E-state index < -0.39 is 5.41 Å². The summed E-state index contributed by atoms with van der Waals surface area (Å²) in [5.74, 6) is 0.710. The van der Waals surface area contributed by atoms with Crippen LogP contribution in [0, 0.1) is 0 Å². The second-order valence-electron chi connectivity index (χ2n) is 7.44. The van der Waals surface area contributed by atoms with Crippen LogP contribution in [0.25, 0.3) is 10.9 Å². The number of ether oxygens (including phenoxy) is 2. The van der Waals surface area contributed by atoms with Crippen molar-refractivity contribution in [1.82, 2.24) is 14.9 Å². The van der Waals surface area contributed by atoms with E-state index in [1.165, 1.54) is 10.9 Å². The molecule has 0 atom stereocenters. The Morgan fingerprint density at radius 2 is 1.90 bits per heavy atom. The molecule has 1 aliphatic heterocycles. The van der Waals surface area contributed by atoms with Crippen molar-refractivity contribution in [3.8, 4) is 5.75 Å². The second kappa shape index (κ2) is 8.67.